The second-order valence-corrected chi connectivity index (χ2v) is 5.70. The number of hydrogen-bond acceptors (Lipinski definition) is 6. The highest BCUT2D eigenvalue weighted by atomic mass is 16.5. The van der Waals surface area contributed by atoms with Crippen LogP contribution in [0.2, 0.25) is 0 Å². The quantitative estimate of drug-likeness (QED) is 0.713. The Morgan fingerprint density at radius 2 is 2.00 bits per heavy atom. The maximum Gasteiger partial charge on any atom is 0.225 e. The highest BCUT2D eigenvalue weighted by Gasteiger charge is 2.10. The molecule has 128 valence electrons. The fourth-order valence-electron chi connectivity index (χ4n) is 2.34. The first-order chi connectivity index (χ1) is 12.2. The van der Waals surface area contributed by atoms with E-state index in [9.17, 15) is 4.79 Å². The average molecular weight is 337 g/mol. The molecule has 3 heterocycles. The number of hydrogen-bond donors (Lipinski definition) is 1. The van der Waals surface area contributed by atoms with Crippen molar-refractivity contribution in [2.75, 3.05) is 18.9 Å². The second-order valence-electron chi connectivity index (χ2n) is 5.70. The van der Waals surface area contributed by atoms with Crippen LogP contribution in [0, 0.1) is 0 Å². The molecule has 3 aromatic heterocycles. The topological polar surface area (TPSA) is 84.2 Å². The smallest absolute Gasteiger partial charge is 0.225 e. The van der Waals surface area contributed by atoms with Crippen LogP contribution < -0.4 is 5.32 Å². The predicted octanol–water partition coefficient (Wildman–Crippen LogP) is 2.59. The molecular weight excluding hydrogens is 318 g/mol. The first-order valence-electron chi connectivity index (χ1n) is 7.95. The van der Waals surface area contributed by atoms with Crippen molar-refractivity contribution in [2.24, 2.45) is 0 Å². The van der Waals surface area contributed by atoms with Crippen LogP contribution >= 0.6 is 0 Å². The molecule has 0 unspecified atom stereocenters. The second kappa shape index (κ2) is 8.16. The lowest BCUT2D eigenvalue weighted by atomic mass is 10.2. The SMILES string of the molecule is CN(CCC(=O)Nc1cccnc1)Cc1cc(-c2cccnc2)no1. The van der Waals surface area contributed by atoms with E-state index in [1.165, 1.54) is 0 Å². The first-order valence-corrected chi connectivity index (χ1v) is 7.95. The van der Waals surface area contributed by atoms with E-state index in [1.807, 2.05) is 36.2 Å². The number of pyridine rings is 2. The van der Waals surface area contributed by atoms with Crippen molar-refractivity contribution in [3.8, 4) is 11.3 Å². The molecule has 0 radical (unpaired) electrons. The summed E-state index contributed by atoms with van der Waals surface area (Å²) >= 11 is 0. The summed E-state index contributed by atoms with van der Waals surface area (Å²) in [5.41, 5.74) is 2.37. The number of carbonyl (C=O) groups excluding carboxylic acids is 1. The molecular formula is C18H19N5O2. The molecule has 0 bridgehead atoms. The van der Waals surface area contributed by atoms with Crippen molar-refractivity contribution in [1.82, 2.24) is 20.0 Å². The summed E-state index contributed by atoms with van der Waals surface area (Å²) in [6.07, 6.45) is 7.13. The lowest BCUT2D eigenvalue weighted by molar-refractivity contribution is -0.116. The van der Waals surface area contributed by atoms with Gasteiger partial charge < -0.3 is 9.84 Å². The van der Waals surface area contributed by atoms with Crippen LogP contribution in [0.25, 0.3) is 11.3 Å². The van der Waals surface area contributed by atoms with Crippen molar-refractivity contribution >= 4 is 11.6 Å². The van der Waals surface area contributed by atoms with Gasteiger partial charge in [0.1, 0.15) is 5.69 Å². The van der Waals surface area contributed by atoms with Crippen LogP contribution in [-0.2, 0) is 11.3 Å². The fraction of sp³-hybridized carbons (Fsp3) is 0.222. The minimum absolute atomic E-state index is 0.0477. The van der Waals surface area contributed by atoms with Crippen LogP contribution in [-0.4, -0.2) is 39.5 Å². The summed E-state index contributed by atoms with van der Waals surface area (Å²) < 4.78 is 5.36. The normalized spacial score (nSPS) is 10.8. The third-order valence-corrected chi connectivity index (χ3v) is 3.61. The van der Waals surface area contributed by atoms with Gasteiger partial charge in [0.15, 0.2) is 5.76 Å². The summed E-state index contributed by atoms with van der Waals surface area (Å²) in [7, 11) is 1.93. The van der Waals surface area contributed by atoms with E-state index in [0.717, 1.165) is 17.0 Å². The van der Waals surface area contributed by atoms with Crippen molar-refractivity contribution in [3.05, 3.63) is 60.9 Å². The van der Waals surface area contributed by atoms with Crippen molar-refractivity contribution in [1.29, 1.82) is 0 Å². The van der Waals surface area contributed by atoms with E-state index in [0.29, 0.717) is 25.2 Å². The van der Waals surface area contributed by atoms with Gasteiger partial charge in [0.05, 0.1) is 18.4 Å². The number of nitrogens with zero attached hydrogens (tertiary/aromatic N) is 4. The van der Waals surface area contributed by atoms with E-state index in [-0.39, 0.29) is 5.91 Å². The van der Waals surface area contributed by atoms with Gasteiger partial charge in [0.2, 0.25) is 5.91 Å². The molecule has 0 fully saturated rings. The zero-order chi connectivity index (χ0) is 17.5. The molecule has 1 N–H and O–H groups in total. The standard InChI is InChI=1S/C18H19N5O2/c1-23(9-6-18(24)21-15-5-3-8-20-12-15)13-16-10-17(22-25-16)14-4-2-7-19-11-14/h2-5,7-8,10-12H,6,9,13H2,1H3,(H,21,24). The number of rotatable bonds is 7. The Balaban J connectivity index is 1.47. The molecule has 0 saturated carbocycles. The van der Waals surface area contributed by atoms with Gasteiger partial charge in [-0.05, 0) is 31.3 Å². The van der Waals surface area contributed by atoms with E-state index < -0.39 is 0 Å². The van der Waals surface area contributed by atoms with Gasteiger partial charge in [-0.3, -0.25) is 19.7 Å². The molecule has 3 aromatic rings. The van der Waals surface area contributed by atoms with E-state index in [2.05, 4.69) is 20.4 Å². The van der Waals surface area contributed by atoms with Gasteiger partial charge in [0.25, 0.3) is 0 Å². The van der Waals surface area contributed by atoms with Crippen molar-refractivity contribution < 1.29 is 9.32 Å². The lowest BCUT2D eigenvalue weighted by Crippen LogP contribution is -2.23. The molecule has 7 heteroatoms. The third-order valence-electron chi connectivity index (χ3n) is 3.61. The minimum Gasteiger partial charge on any atom is -0.359 e. The van der Waals surface area contributed by atoms with Gasteiger partial charge in [-0.1, -0.05) is 5.16 Å². The molecule has 25 heavy (non-hydrogen) atoms. The van der Waals surface area contributed by atoms with Gasteiger partial charge in [-0.2, -0.15) is 0 Å². The maximum atomic E-state index is 12.0. The third kappa shape index (κ3) is 4.95. The molecule has 0 saturated heterocycles. The van der Waals surface area contributed by atoms with Crippen LogP contribution in [0.3, 0.4) is 0 Å². The molecule has 7 nitrogen and oxygen atoms in total. The van der Waals surface area contributed by atoms with Gasteiger partial charge in [0, 0.05) is 43.2 Å². The molecule has 3 rings (SSSR count). The number of amides is 1. The number of carbonyl (C=O) groups is 1. The molecule has 0 aliphatic rings. The molecule has 1 amide bonds. The van der Waals surface area contributed by atoms with E-state index in [4.69, 9.17) is 4.52 Å². The Bertz CT molecular complexity index is 805. The highest BCUT2D eigenvalue weighted by Crippen LogP contribution is 2.18. The number of nitrogens with one attached hydrogen (secondary N) is 1. The Morgan fingerprint density at radius 1 is 1.20 bits per heavy atom. The Morgan fingerprint density at radius 3 is 2.72 bits per heavy atom. The molecule has 0 aromatic carbocycles. The van der Waals surface area contributed by atoms with E-state index in [1.54, 1.807) is 30.9 Å². The molecule has 0 atom stereocenters. The summed E-state index contributed by atoms with van der Waals surface area (Å²) in [6, 6.07) is 9.27. The Kier molecular flexibility index (Phi) is 5.48. The zero-order valence-corrected chi connectivity index (χ0v) is 13.9. The van der Waals surface area contributed by atoms with Crippen LogP contribution in [0.15, 0.2) is 59.6 Å². The molecule has 0 aliphatic heterocycles. The van der Waals surface area contributed by atoms with Crippen molar-refractivity contribution in [3.63, 3.8) is 0 Å². The maximum absolute atomic E-state index is 12.0. The number of anilines is 1. The minimum atomic E-state index is -0.0477. The first kappa shape index (κ1) is 16.8. The van der Waals surface area contributed by atoms with Gasteiger partial charge in [-0.25, -0.2) is 0 Å². The molecule has 0 spiro atoms. The molecule has 0 aliphatic carbocycles. The van der Waals surface area contributed by atoms with Gasteiger partial charge in [-0.15, -0.1) is 0 Å². The fourth-order valence-corrected chi connectivity index (χ4v) is 2.34. The monoisotopic (exact) mass is 337 g/mol. The summed E-state index contributed by atoms with van der Waals surface area (Å²) in [4.78, 5) is 22.0. The largest absolute Gasteiger partial charge is 0.359 e. The predicted molar refractivity (Wildman–Crippen MR) is 93.6 cm³/mol. The summed E-state index contributed by atoms with van der Waals surface area (Å²) in [5.74, 6) is 0.697. The van der Waals surface area contributed by atoms with Crippen LogP contribution in [0.4, 0.5) is 5.69 Å². The zero-order valence-electron chi connectivity index (χ0n) is 13.9. The van der Waals surface area contributed by atoms with Crippen molar-refractivity contribution in [2.45, 2.75) is 13.0 Å². The number of aromatic nitrogens is 3. The Labute approximate surface area is 145 Å². The van der Waals surface area contributed by atoms with Crippen LogP contribution in [0.1, 0.15) is 12.2 Å². The highest BCUT2D eigenvalue weighted by molar-refractivity contribution is 5.90. The summed E-state index contributed by atoms with van der Waals surface area (Å²) in [6.45, 7) is 1.18. The Hall–Kier alpha value is -3.06. The van der Waals surface area contributed by atoms with Crippen LogP contribution in [0.5, 0.6) is 0 Å². The summed E-state index contributed by atoms with van der Waals surface area (Å²) in [5, 5.41) is 6.88. The average Bonchev–Trinajstić information content (AvgIpc) is 3.10. The van der Waals surface area contributed by atoms with E-state index >= 15 is 0 Å². The lowest BCUT2D eigenvalue weighted by Gasteiger charge is -2.14. The van der Waals surface area contributed by atoms with Gasteiger partial charge >= 0.3 is 0 Å².